The van der Waals surface area contributed by atoms with Gasteiger partial charge < -0.3 is 5.11 Å². The van der Waals surface area contributed by atoms with E-state index in [0.717, 1.165) is 0 Å². The quantitative estimate of drug-likeness (QED) is 0.903. The van der Waals surface area contributed by atoms with Crippen molar-refractivity contribution in [2.45, 2.75) is 16.1 Å². The second kappa shape index (κ2) is 5.85. The zero-order chi connectivity index (χ0) is 17.5. The highest BCUT2D eigenvalue weighted by atomic mass is 35.5. The fourth-order valence-electron chi connectivity index (χ4n) is 3.13. The van der Waals surface area contributed by atoms with Crippen molar-refractivity contribution in [1.82, 2.24) is 0 Å². The standard InChI is InChI=1S/C17H13ClFNO3S/c18-12-3-7-14(8-4-12)24(22,23)16-15(17(16,9-20)10-21)11-1-5-13(19)6-2-11/h1-8,15-16,21H,10H2/t15-,16-,17+/m0/s1. The first-order valence-electron chi connectivity index (χ1n) is 7.14. The van der Waals surface area contributed by atoms with E-state index in [1.807, 2.05) is 6.07 Å². The first-order valence-corrected chi connectivity index (χ1v) is 9.06. The highest BCUT2D eigenvalue weighted by Crippen LogP contribution is 2.63. The molecule has 1 aliphatic rings. The SMILES string of the molecule is N#C[C@@]1(CO)[C@@H](c2ccc(F)cc2)[C@@H]1S(=O)(=O)c1ccc(Cl)cc1. The number of aliphatic hydroxyl groups excluding tert-OH is 1. The summed E-state index contributed by atoms with van der Waals surface area (Å²) >= 11 is 5.78. The maximum atomic E-state index is 13.1. The molecule has 0 saturated heterocycles. The average Bonchev–Trinajstić information content (AvgIpc) is 3.26. The molecule has 2 aromatic rings. The minimum Gasteiger partial charge on any atom is -0.395 e. The van der Waals surface area contributed by atoms with Gasteiger partial charge >= 0.3 is 0 Å². The number of benzene rings is 2. The van der Waals surface area contributed by atoms with Gasteiger partial charge in [0, 0.05) is 10.9 Å². The smallest absolute Gasteiger partial charge is 0.183 e. The highest BCUT2D eigenvalue weighted by molar-refractivity contribution is 7.92. The van der Waals surface area contributed by atoms with Gasteiger partial charge in [0.15, 0.2) is 9.84 Å². The van der Waals surface area contributed by atoms with E-state index in [-0.39, 0.29) is 4.90 Å². The maximum absolute atomic E-state index is 13.1. The van der Waals surface area contributed by atoms with Gasteiger partial charge in [-0.3, -0.25) is 0 Å². The van der Waals surface area contributed by atoms with Gasteiger partial charge in [-0.15, -0.1) is 0 Å². The Labute approximate surface area is 144 Å². The number of sulfone groups is 1. The molecule has 0 aliphatic heterocycles. The van der Waals surface area contributed by atoms with Crippen LogP contribution in [0, 0.1) is 22.6 Å². The summed E-state index contributed by atoms with van der Waals surface area (Å²) in [5.41, 5.74) is -0.925. The third kappa shape index (κ3) is 2.49. The fraction of sp³-hybridized carbons (Fsp3) is 0.235. The van der Waals surface area contributed by atoms with E-state index >= 15 is 0 Å². The molecule has 124 valence electrons. The molecule has 24 heavy (non-hydrogen) atoms. The number of hydrogen-bond donors (Lipinski definition) is 1. The second-order valence-electron chi connectivity index (χ2n) is 5.76. The van der Waals surface area contributed by atoms with Gasteiger partial charge in [-0.2, -0.15) is 5.26 Å². The van der Waals surface area contributed by atoms with Crippen molar-refractivity contribution < 1.29 is 17.9 Å². The molecule has 7 heteroatoms. The van der Waals surface area contributed by atoms with E-state index < -0.39 is 38.8 Å². The summed E-state index contributed by atoms with van der Waals surface area (Å²) in [6.45, 7) is -0.594. The van der Waals surface area contributed by atoms with Gasteiger partial charge in [0.2, 0.25) is 0 Å². The van der Waals surface area contributed by atoms with Crippen molar-refractivity contribution in [1.29, 1.82) is 5.26 Å². The first-order chi connectivity index (χ1) is 11.4. The molecule has 0 aromatic heterocycles. The Morgan fingerprint density at radius 3 is 2.25 bits per heavy atom. The van der Waals surface area contributed by atoms with Crippen LogP contribution in [0.2, 0.25) is 5.02 Å². The molecule has 2 aromatic carbocycles. The third-order valence-corrected chi connectivity index (χ3v) is 6.97. The van der Waals surface area contributed by atoms with Crippen molar-refractivity contribution in [3.05, 3.63) is 64.9 Å². The highest BCUT2D eigenvalue weighted by Gasteiger charge is 2.72. The van der Waals surface area contributed by atoms with Gasteiger partial charge in [0.1, 0.15) is 11.2 Å². The first kappa shape index (κ1) is 16.9. The van der Waals surface area contributed by atoms with Gasteiger partial charge in [0.05, 0.1) is 22.8 Å². The Kier molecular flexibility index (Phi) is 4.12. The van der Waals surface area contributed by atoms with Crippen molar-refractivity contribution in [2.75, 3.05) is 6.61 Å². The van der Waals surface area contributed by atoms with Crippen molar-refractivity contribution in [3.63, 3.8) is 0 Å². The summed E-state index contributed by atoms with van der Waals surface area (Å²) < 4.78 is 38.9. The summed E-state index contributed by atoms with van der Waals surface area (Å²) in [5, 5.41) is 18.5. The maximum Gasteiger partial charge on any atom is 0.183 e. The van der Waals surface area contributed by atoms with Crippen LogP contribution in [0.3, 0.4) is 0 Å². The zero-order valence-corrected chi connectivity index (χ0v) is 13.9. The number of aliphatic hydroxyl groups is 1. The summed E-state index contributed by atoms with van der Waals surface area (Å²) in [5.74, 6) is -1.17. The Morgan fingerprint density at radius 1 is 1.17 bits per heavy atom. The average molecular weight is 366 g/mol. The summed E-state index contributed by atoms with van der Waals surface area (Å²) in [4.78, 5) is 0.0367. The molecular formula is C17H13ClFNO3S. The van der Waals surface area contributed by atoms with E-state index in [0.29, 0.717) is 10.6 Å². The Balaban J connectivity index is 2.06. The van der Waals surface area contributed by atoms with Gasteiger partial charge in [-0.25, -0.2) is 12.8 Å². The summed E-state index contributed by atoms with van der Waals surface area (Å²) in [6.07, 6.45) is 0. The summed E-state index contributed by atoms with van der Waals surface area (Å²) in [6, 6.07) is 12.9. The molecule has 0 unspecified atom stereocenters. The number of nitriles is 1. The molecular weight excluding hydrogens is 353 g/mol. The van der Waals surface area contributed by atoms with Crippen LogP contribution in [0.25, 0.3) is 0 Å². The summed E-state index contributed by atoms with van der Waals surface area (Å²) in [7, 11) is -3.86. The molecule has 0 heterocycles. The van der Waals surface area contributed by atoms with E-state index in [2.05, 4.69) is 0 Å². The molecule has 0 radical (unpaired) electrons. The van der Waals surface area contributed by atoms with Crippen LogP contribution in [-0.4, -0.2) is 25.4 Å². The van der Waals surface area contributed by atoms with Crippen LogP contribution in [0.15, 0.2) is 53.4 Å². The predicted molar refractivity (Wildman–Crippen MR) is 86.7 cm³/mol. The molecule has 0 bridgehead atoms. The van der Waals surface area contributed by atoms with Gasteiger partial charge in [0.25, 0.3) is 0 Å². The number of halogens is 2. The largest absolute Gasteiger partial charge is 0.395 e. The number of rotatable bonds is 4. The zero-order valence-electron chi connectivity index (χ0n) is 12.4. The normalized spacial score (nSPS) is 25.9. The van der Waals surface area contributed by atoms with E-state index in [9.17, 15) is 23.2 Å². The topological polar surface area (TPSA) is 78.2 Å². The Morgan fingerprint density at radius 2 is 1.75 bits per heavy atom. The second-order valence-corrected chi connectivity index (χ2v) is 8.26. The van der Waals surface area contributed by atoms with Gasteiger partial charge in [-0.1, -0.05) is 23.7 Å². The van der Waals surface area contributed by atoms with Crippen LogP contribution < -0.4 is 0 Å². The van der Waals surface area contributed by atoms with Crippen LogP contribution in [0.5, 0.6) is 0 Å². The van der Waals surface area contributed by atoms with E-state index in [1.54, 1.807) is 0 Å². The van der Waals surface area contributed by atoms with E-state index in [4.69, 9.17) is 11.6 Å². The monoisotopic (exact) mass is 365 g/mol. The lowest BCUT2D eigenvalue weighted by Gasteiger charge is -2.06. The minimum absolute atomic E-state index is 0.0367. The van der Waals surface area contributed by atoms with Crippen LogP contribution in [0.1, 0.15) is 11.5 Å². The molecule has 0 amide bonds. The molecule has 0 spiro atoms. The van der Waals surface area contributed by atoms with Crippen LogP contribution in [-0.2, 0) is 9.84 Å². The number of hydrogen-bond acceptors (Lipinski definition) is 4. The molecule has 4 nitrogen and oxygen atoms in total. The van der Waals surface area contributed by atoms with Gasteiger partial charge in [-0.05, 0) is 42.0 Å². The molecule has 1 aliphatic carbocycles. The Bertz CT molecular complexity index is 906. The molecule has 3 atom stereocenters. The minimum atomic E-state index is -3.86. The van der Waals surface area contributed by atoms with Crippen molar-refractivity contribution >= 4 is 21.4 Å². The lowest BCUT2D eigenvalue weighted by Crippen LogP contribution is -2.18. The number of nitrogens with zero attached hydrogens (tertiary/aromatic N) is 1. The van der Waals surface area contributed by atoms with Crippen LogP contribution in [0.4, 0.5) is 4.39 Å². The lowest BCUT2D eigenvalue weighted by atomic mass is 10.0. The molecule has 1 fully saturated rings. The van der Waals surface area contributed by atoms with Crippen molar-refractivity contribution in [3.8, 4) is 6.07 Å². The molecule has 1 N–H and O–H groups in total. The predicted octanol–water partition coefficient (Wildman–Crippen LogP) is 2.92. The third-order valence-electron chi connectivity index (χ3n) is 4.43. The van der Waals surface area contributed by atoms with Crippen LogP contribution >= 0.6 is 11.6 Å². The Hall–Kier alpha value is -1.94. The molecule has 3 rings (SSSR count). The fourth-order valence-corrected chi connectivity index (χ4v) is 5.57. The van der Waals surface area contributed by atoms with E-state index in [1.165, 1.54) is 48.5 Å². The van der Waals surface area contributed by atoms with Crippen molar-refractivity contribution in [2.24, 2.45) is 5.41 Å². The molecule has 1 saturated carbocycles. The lowest BCUT2D eigenvalue weighted by molar-refractivity contribution is 0.242.